The number of nitrogens with zero attached hydrogens (tertiary/aromatic N) is 1. The molecule has 0 heterocycles. The molecule has 2 aromatic rings. The van der Waals surface area contributed by atoms with Gasteiger partial charge in [-0.25, -0.2) is 0 Å². The lowest BCUT2D eigenvalue weighted by molar-refractivity contribution is -0.111. The highest BCUT2D eigenvalue weighted by atomic mass is 35.5. The van der Waals surface area contributed by atoms with Gasteiger partial charge in [-0.3, -0.25) is 4.79 Å². The second kappa shape index (κ2) is 9.39. The largest absolute Gasteiger partial charge is 0.493 e. The number of benzene rings is 2. The van der Waals surface area contributed by atoms with Gasteiger partial charge in [0.25, 0.3) is 0 Å². The summed E-state index contributed by atoms with van der Waals surface area (Å²) in [4.78, 5) is 12.0. The molecule has 0 saturated carbocycles. The van der Waals surface area contributed by atoms with Gasteiger partial charge in [-0.1, -0.05) is 29.8 Å². The summed E-state index contributed by atoms with van der Waals surface area (Å²) in [5.41, 5.74) is 1.54. The van der Waals surface area contributed by atoms with Crippen molar-refractivity contribution in [1.82, 2.24) is 0 Å². The SMILES string of the molecule is N#CCCCOc1cccc(NC(=O)/C=C/c2ccc(Cl)cc2)c1. The summed E-state index contributed by atoms with van der Waals surface area (Å²) in [7, 11) is 0. The molecule has 0 spiro atoms. The van der Waals surface area contributed by atoms with Crippen LogP contribution in [0.3, 0.4) is 0 Å². The van der Waals surface area contributed by atoms with E-state index in [9.17, 15) is 4.79 Å². The molecule has 0 unspecified atom stereocenters. The molecule has 1 N–H and O–H groups in total. The van der Waals surface area contributed by atoms with Gasteiger partial charge >= 0.3 is 0 Å². The Morgan fingerprint density at radius 2 is 2.04 bits per heavy atom. The lowest BCUT2D eigenvalue weighted by Gasteiger charge is -2.07. The standard InChI is InChI=1S/C19H17ClN2O2/c20-16-9-6-15(7-10-16)8-11-19(23)22-17-4-3-5-18(14-17)24-13-2-1-12-21/h3-11,14H,1-2,13H2,(H,22,23)/b11-8+. The lowest BCUT2D eigenvalue weighted by Crippen LogP contribution is -2.08. The van der Waals surface area contributed by atoms with Gasteiger partial charge in [0.05, 0.1) is 12.7 Å². The topological polar surface area (TPSA) is 62.1 Å². The highest BCUT2D eigenvalue weighted by molar-refractivity contribution is 6.30. The van der Waals surface area contributed by atoms with E-state index in [4.69, 9.17) is 21.6 Å². The molecular weight excluding hydrogens is 324 g/mol. The lowest BCUT2D eigenvalue weighted by atomic mass is 10.2. The van der Waals surface area contributed by atoms with E-state index in [0.29, 0.717) is 35.9 Å². The number of hydrogen-bond acceptors (Lipinski definition) is 3. The Labute approximate surface area is 146 Å². The third-order valence-corrected chi connectivity index (χ3v) is 3.35. The zero-order chi connectivity index (χ0) is 17.2. The molecule has 0 fully saturated rings. The maximum absolute atomic E-state index is 12.0. The molecule has 0 bridgehead atoms. The number of unbranched alkanes of at least 4 members (excludes halogenated alkanes) is 1. The number of anilines is 1. The van der Waals surface area contributed by atoms with Crippen LogP contribution < -0.4 is 10.1 Å². The van der Waals surface area contributed by atoms with Gasteiger partial charge in [0.2, 0.25) is 5.91 Å². The normalized spacial score (nSPS) is 10.3. The van der Waals surface area contributed by atoms with Crippen molar-refractivity contribution in [3.05, 3.63) is 65.2 Å². The summed E-state index contributed by atoms with van der Waals surface area (Å²) in [6.07, 6.45) is 4.32. The van der Waals surface area contributed by atoms with E-state index in [1.807, 2.05) is 18.2 Å². The van der Waals surface area contributed by atoms with Crippen molar-refractivity contribution in [2.75, 3.05) is 11.9 Å². The third kappa shape index (κ3) is 6.15. The van der Waals surface area contributed by atoms with Gasteiger partial charge in [0.15, 0.2) is 0 Å². The van der Waals surface area contributed by atoms with Gasteiger partial charge in [0, 0.05) is 29.3 Å². The summed E-state index contributed by atoms with van der Waals surface area (Å²) in [5.74, 6) is 0.430. The molecule has 0 saturated heterocycles. The fraction of sp³-hybridized carbons (Fsp3) is 0.158. The Bertz CT molecular complexity index is 749. The van der Waals surface area contributed by atoms with E-state index in [-0.39, 0.29) is 5.91 Å². The van der Waals surface area contributed by atoms with E-state index in [2.05, 4.69) is 11.4 Å². The van der Waals surface area contributed by atoms with Crippen molar-refractivity contribution in [1.29, 1.82) is 5.26 Å². The molecule has 5 heteroatoms. The van der Waals surface area contributed by atoms with Crippen molar-refractivity contribution >= 4 is 29.3 Å². The van der Waals surface area contributed by atoms with Gasteiger partial charge < -0.3 is 10.1 Å². The van der Waals surface area contributed by atoms with Gasteiger partial charge in [-0.15, -0.1) is 0 Å². The number of nitrogens with one attached hydrogen (secondary N) is 1. The number of hydrogen-bond donors (Lipinski definition) is 1. The highest BCUT2D eigenvalue weighted by Gasteiger charge is 2.00. The first-order valence-electron chi connectivity index (χ1n) is 7.52. The van der Waals surface area contributed by atoms with Crippen LogP contribution in [-0.2, 0) is 4.79 Å². The Hall–Kier alpha value is -2.77. The van der Waals surface area contributed by atoms with Crippen LogP contribution in [0.4, 0.5) is 5.69 Å². The predicted octanol–water partition coefficient (Wildman–Crippen LogP) is 4.67. The fourth-order valence-electron chi connectivity index (χ4n) is 1.93. The summed E-state index contributed by atoms with van der Waals surface area (Å²) < 4.78 is 5.54. The maximum Gasteiger partial charge on any atom is 0.248 e. The minimum Gasteiger partial charge on any atom is -0.493 e. The van der Waals surface area contributed by atoms with Crippen LogP contribution in [0.2, 0.25) is 5.02 Å². The smallest absolute Gasteiger partial charge is 0.248 e. The average molecular weight is 341 g/mol. The number of ether oxygens (including phenoxy) is 1. The molecular formula is C19H17ClN2O2. The monoisotopic (exact) mass is 340 g/mol. The van der Waals surface area contributed by atoms with Crippen molar-refractivity contribution < 1.29 is 9.53 Å². The third-order valence-electron chi connectivity index (χ3n) is 3.10. The molecule has 1 amide bonds. The highest BCUT2D eigenvalue weighted by Crippen LogP contribution is 2.18. The minimum atomic E-state index is -0.230. The zero-order valence-corrected chi connectivity index (χ0v) is 13.8. The van der Waals surface area contributed by atoms with Crippen LogP contribution >= 0.6 is 11.6 Å². The Kier molecular flexibility index (Phi) is 6.88. The van der Waals surface area contributed by atoms with Crippen LogP contribution in [0.5, 0.6) is 5.75 Å². The predicted molar refractivity (Wildman–Crippen MR) is 95.9 cm³/mol. The molecule has 24 heavy (non-hydrogen) atoms. The fourth-order valence-corrected chi connectivity index (χ4v) is 2.06. The molecule has 0 atom stereocenters. The summed E-state index contributed by atoms with van der Waals surface area (Å²) in [5, 5.41) is 11.9. The van der Waals surface area contributed by atoms with E-state index in [0.717, 1.165) is 5.56 Å². The number of nitriles is 1. The van der Waals surface area contributed by atoms with Gasteiger partial charge in [-0.2, -0.15) is 5.26 Å². The number of amides is 1. The zero-order valence-electron chi connectivity index (χ0n) is 13.0. The van der Waals surface area contributed by atoms with E-state index >= 15 is 0 Å². The molecule has 2 rings (SSSR count). The van der Waals surface area contributed by atoms with E-state index < -0.39 is 0 Å². The van der Waals surface area contributed by atoms with Crippen LogP contribution in [0.25, 0.3) is 6.08 Å². The molecule has 0 aliphatic rings. The van der Waals surface area contributed by atoms with Crippen LogP contribution in [0, 0.1) is 11.3 Å². The second-order valence-corrected chi connectivity index (χ2v) is 5.45. The summed E-state index contributed by atoms with van der Waals surface area (Å²) in [6.45, 7) is 0.474. The van der Waals surface area contributed by atoms with Crippen molar-refractivity contribution in [2.24, 2.45) is 0 Å². The molecule has 0 aliphatic heterocycles. The van der Waals surface area contributed by atoms with Gasteiger partial charge in [-0.05, 0) is 42.3 Å². The van der Waals surface area contributed by atoms with Crippen LogP contribution in [0.15, 0.2) is 54.6 Å². The molecule has 2 aromatic carbocycles. The molecule has 0 radical (unpaired) electrons. The minimum absolute atomic E-state index is 0.230. The summed E-state index contributed by atoms with van der Waals surface area (Å²) in [6, 6.07) is 16.4. The summed E-state index contributed by atoms with van der Waals surface area (Å²) >= 11 is 5.82. The first-order valence-corrected chi connectivity index (χ1v) is 7.89. The van der Waals surface area contributed by atoms with Crippen molar-refractivity contribution in [3.63, 3.8) is 0 Å². The number of carbonyl (C=O) groups excluding carboxylic acids is 1. The first-order chi connectivity index (χ1) is 11.7. The molecule has 0 aromatic heterocycles. The average Bonchev–Trinajstić information content (AvgIpc) is 2.59. The number of carbonyl (C=O) groups is 1. The van der Waals surface area contributed by atoms with Gasteiger partial charge in [0.1, 0.15) is 5.75 Å². The number of rotatable bonds is 7. The maximum atomic E-state index is 12.0. The quantitative estimate of drug-likeness (QED) is 0.588. The van der Waals surface area contributed by atoms with Crippen LogP contribution in [-0.4, -0.2) is 12.5 Å². The molecule has 4 nitrogen and oxygen atoms in total. The van der Waals surface area contributed by atoms with E-state index in [1.165, 1.54) is 6.08 Å². The second-order valence-electron chi connectivity index (χ2n) is 5.01. The number of halogens is 1. The Balaban J connectivity index is 1.89. The molecule has 122 valence electrons. The van der Waals surface area contributed by atoms with Crippen LogP contribution in [0.1, 0.15) is 18.4 Å². The van der Waals surface area contributed by atoms with Crippen molar-refractivity contribution in [2.45, 2.75) is 12.8 Å². The Morgan fingerprint density at radius 3 is 2.79 bits per heavy atom. The Morgan fingerprint density at radius 1 is 1.25 bits per heavy atom. The first kappa shape index (κ1) is 17.6. The van der Waals surface area contributed by atoms with E-state index in [1.54, 1.807) is 36.4 Å². The molecule has 0 aliphatic carbocycles. The van der Waals surface area contributed by atoms with Crippen molar-refractivity contribution in [3.8, 4) is 11.8 Å².